The number of hydrogen-bond acceptors (Lipinski definition) is 3. The summed E-state index contributed by atoms with van der Waals surface area (Å²) in [5.74, 6) is 0.723. The minimum atomic E-state index is -0.139. The van der Waals surface area contributed by atoms with Gasteiger partial charge >= 0.3 is 0 Å². The molecule has 3 heterocycles. The van der Waals surface area contributed by atoms with Crippen molar-refractivity contribution >= 4 is 53.3 Å². The van der Waals surface area contributed by atoms with E-state index in [0.29, 0.717) is 0 Å². The van der Waals surface area contributed by atoms with E-state index in [1.54, 1.807) is 0 Å². The van der Waals surface area contributed by atoms with Crippen LogP contribution in [0.5, 0.6) is 0 Å². The zero-order chi connectivity index (χ0) is 31.3. The zero-order valence-corrected chi connectivity index (χ0v) is 26.8. The van der Waals surface area contributed by atoms with Crippen molar-refractivity contribution in [1.82, 2.24) is 14.5 Å². The predicted octanol–water partition coefficient (Wildman–Crippen LogP) is 11.6. The van der Waals surface area contributed by atoms with Crippen LogP contribution in [0.1, 0.15) is 25.0 Å². The van der Waals surface area contributed by atoms with Crippen LogP contribution in [0.15, 0.2) is 140 Å². The Morgan fingerprint density at radius 1 is 0.617 bits per heavy atom. The van der Waals surface area contributed by atoms with Crippen LogP contribution in [-0.2, 0) is 5.41 Å². The van der Waals surface area contributed by atoms with Crippen LogP contribution in [0.4, 0.5) is 0 Å². The highest BCUT2D eigenvalue weighted by Crippen LogP contribution is 2.53. The smallest absolute Gasteiger partial charge is 0.159 e. The van der Waals surface area contributed by atoms with Crippen molar-refractivity contribution in [3.8, 4) is 39.5 Å². The van der Waals surface area contributed by atoms with Crippen molar-refractivity contribution in [2.24, 2.45) is 0 Å². The summed E-state index contributed by atoms with van der Waals surface area (Å²) < 4.78 is 5.01. The molecule has 3 nitrogen and oxygen atoms in total. The van der Waals surface area contributed by atoms with Crippen molar-refractivity contribution < 1.29 is 0 Å². The first-order valence-electron chi connectivity index (χ1n) is 16.1. The van der Waals surface area contributed by atoms with Gasteiger partial charge in [0.05, 0.1) is 16.7 Å². The number of hydrogen-bond donors (Lipinski definition) is 0. The van der Waals surface area contributed by atoms with Gasteiger partial charge in [-0.15, -0.1) is 11.3 Å². The topological polar surface area (TPSA) is 30.7 Å². The predicted molar refractivity (Wildman–Crippen MR) is 198 cm³/mol. The van der Waals surface area contributed by atoms with Crippen LogP contribution in [0.3, 0.4) is 0 Å². The lowest BCUT2D eigenvalue weighted by atomic mass is 9.81. The highest BCUT2D eigenvalue weighted by molar-refractivity contribution is 7.26. The lowest BCUT2D eigenvalue weighted by Gasteiger charge is -2.23. The Kier molecular flexibility index (Phi) is 5.50. The number of thiophene rings is 1. The van der Waals surface area contributed by atoms with E-state index in [4.69, 9.17) is 9.97 Å². The van der Waals surface area contributed by atoms with Gasteiger partial charge in [0.15, 0.2) is 5.82 Å². The summed E-state index contributed by atoms with van der Waals surface area (Å²) in [7, 11) is 0. The molecule has 9 aromatic rings. The van der Waals surface area contributed by atoms with E-state index in [1.165, 1.54) is 64.2 Å². The molecule has 0 unspecified atom stereocenters. The second-order valence-corrected chi connectivity index (χ2v) is 14.1. The Bertz CT molecular complexity index is 2730. The van der Waals surface area contributed by atoms with Gasteiger partial charge in [-0.2, -0.15) is 0 Å². The van der Waals surface area contributed by atoms with E-state index in [0.717, 1.165) is 28.3 Å². The van der Waals surface area contributed by atoms with Gasteiger partial charge in [0.1, 0.15) is 0 Å². The molecule has 0 bridgehead atoms. The highest BCUT2D eigenvalue weighted by Gasteiger charge is 2.38. The van der Waals surface area contributed by atoms with Crippen LogP contribution in [0.25, 0.3) is 81.4 Å². The van der Waals surface area contributed by atoms with Gasteiger partial charge in [-0.3, -0.25) is 0 Å². The summed E-state index contributed by atoms with van der Waals surface area (Å²) in [6.07, 6.45) is 1.89. The van der Waals surface area contributed by atoms with Crippen LogP contribution in [0.2, 0.25) is 0 Å². The second kappa shape index (κ2) is 9.71. The molecule has 47 heavy (non-hydrogen) atoms. The molecule has 1 aliphatic rings. The average molecular weight is 620 g/mol. The molecule has 1 aliphatic carbocycles. The fourth-order valence-electron chi connectivity index (χ4n) is 7.96. The third-order valence-electron chi connectivity index (χ3n) is 10.1. The molecule has 0 saturated heterocycles. The third kappa shape index (κ3) is 3.73. The van der Waals surface area contributed by atoms with Crippen LogP contribution < -0.4 is 0 Å². The van der Waals surface area contributed by atoms with E-state index in [9.17, 15) is 0 Å². The monoisotopic (exact) mass is 619 g/mol. The molecule has 0 amide bonds. The number of para-hydroxylation sites is 1. The van der Waals surface area contributed by atoms with Crippen LogP contribution >= 0.6 is 11.3 Å². The first-order valence-corrected chi connectivity index (χ1v) is 16.9. The van der Waals surface area contributed by atoms with Gasteiger partial charge in [-0.05, 0) is 52.6 Å². The number of nitrogens with zero attached hydrogens (tertiary/aromatic N) is 3. The van der Waals surface area contributed by atoms with Gasteiger partial charge in [-0.25, -0.2) is 9.97 Å². The molecular formula is C43H29N3S. The molecule has 0 aliphatic heterocycles. The summed E-state index contributed by atoms with van der Waals surface area (Å²) in [5, 5.41) is 5.10. The summed E-state index contributed by atoms with van der Waals surface area (Å²) >= 11 is 1.83. The third-order valence-corrected chi connectivity index (χ3v) is 11.3. The van der Waals surface area contributed by atoms with Gasteiger partial charge in [0, 0.05) is 59.4 Å². The second-order valence-electron chi connectivity index (χ2n) is 13.0. The molecule has 0 N–H and O–H groups in total. The molecule has 222 valence electrons. The minimum Gasteiger partial charge on any atom is -0.309 e. The van der Waals surface area contributed by atoms with Crippen molar-refractivity contribution in [3.05, 3.63) is 151 Å². The van der Waals surface area contributed by atoms with Crippen LogP contribution in [-0.4, -0.2) is 14.5 Å². The summed E-state index contributed by atoms with van der Waals surface area (Å²) in [4.78, 5) is 9.97. The van der Waals surface area contributed by atoms with Crippen molar-refractivity contribution in [2.75, 3.05) is 0 Å². The van der Waals surface area contributed by atoms with Crippen molar-refractivity contribution in [1.29, 1.82) is 0 Å². The Balaban J connectivity index is 1.17. The van der Waals surface area contributed by atoms with Crippen molar-refractivity contribution in [2.45, 2.75) is 19.3 Å². The molecule has 6 aromatic carbocycles. The van der Waals surface area contributed by atoms with Gasteiger partial charge in [0.2, 0.25) is 0 Å². The Labute approximate surface area is 276 Å². The van der Waals surface area contributed by atoms with Gasteiger partial charge in [-0.1, -0.05) is 117 Å². The van der Waals surface area contributed by atoms with E-state index in [-0.39, 0.29) is 5.41 Å². The number of benzene rings is 6. The lowest BCUT2D eigenvalue weighted by molar-refractivity contribution is 0.664. The molecule has 0 saturated carbocycles. The zero-order valence-electron chi connectivity index (χ0n) is 26.0. The van der Waals surface area contributed by atoms with E-state index < -0.39 is 0 Å². The molecule has 3 aromatic heterocycles. The SMILES string of the molecule is CC1(C)c2ccccc2-c2ccc3c4ccccc4n(-c4cccc(-c5nccc(-c6cccc7c6sc6ccccc67)n5)c4)c3c21. The highest BCUT2D eigenvalue weighted by atomic mass is 32.1. The quantitative estimate of drug-likeness (QED) is 0.197. The molecule has 4 heteroatoms. The maximum Gasteiger partial charge on any atom is 0.159 e. The Hall–Kier alpha value is -5.58. The molecular weight excluding hydrogens is 591 g/mol. The first-order chi connectivity index (χ1) is 23.1. The minimum absolute atomic E-state index is 0.139. The van der Waals surface area contributed by atoms with Gasteiger partial charge < -0.3 is 4.57 Å². The van der Waals surface area contributed by atoms with Crippen molar-refractivity contribution in [3.63, 3.8) is 0 Å². The van der Waals surface area contributed by atoms with E-state index in [1.807, 2.05) is 23.6 Å². The number of fused-ring (bicyclic) bond motifs is 10. The fraction of sp³-hybridized carbons (Fsp3) is 0.0698. The largest absolute Gasteiger partial charge is 0.309 e. The average Bonchev–Trinajstić information content (AvgIpc) is 3.74. The number of aromatic nitrogens is 3. The fourth-order valence-corrected chi connectivity index (χ4v) is 9.19. The Morgan fingerprint density at radius 2 is 1.38 bits per heavy atom. The molecule has 0 spiro atoms. The summed E-state index contributed by atoms with van der Waals surface area (Å²) in [5.41, 5.74) is 11.9. The normalized spacial score (nSPS) is 13.5. The maximum absolute atomic E-state index is 5.17. The van der Waals surface area contributed by atoms with E-state index in [2.05, 4.69) is 146 Å². The Morgan fingerprint density at radius 3 is 2.32 bits per heavy atom. The maximum atomic E-state index is 5.17. The summed E-state index contributed by atoms with van der Waals surface area (Å²) in [6.45, 7) is 4.73. The molecule has 0 radical (unpaired) electrons. The summed E-state index contributed by atoms with van der Waals surface area (Å²) in [6, 6.07) is 48.2. The molecule has 0 fully saturated rings. The van der Waals surface area contributed by atoms with Crippen LogP contribution in [0, 0.1) is 0 Å². The van der Waals surface area contributed by atoms with E-state index >= 15 is 0 Å². The molecule has 0 atom stereocenters. The molecule has 10 rings (SSSR count). The van der Waals surface area contributed by atoms with Gasteiger partial charge in [0.25, 0.3) is 0 Å². The number of rotatable bonds is 3. The first kappa shape index (κ1) is 26.6. The standard InChI is InChI=1S/C43H29N3S/c1-43(2)35-18-6-3-13-28(35)31-21-22-32-29-14-4-7-19-37(29)46(40(32)39(31)43)27-12-9-11-26(25-27)42-44-24-23-36(45-42)34-17-10-16-33-30-15-5-8-20-38(30)47-41(33)34/h3-25H,1-2H3. The lowest BCUT2D eigenvalue weighted by Crippen LogP contribution is -2.16.